The second-order valence-corrected chi connectivity index (χ2v) is 4.49. The summed E-state index contributed by atoms with van der Waals surface area (Å²) in [6.07, 6.45) is -0.171. The second kappa shape index (κ2) is 5.57. The summed E-state index contributed by atoms with van der Waals surface area (Å²) in [5, 5.41) is 20.3. The van der Waals surface area contributed by atoms with Gasteiger partial charge in [0.1, 0.15) is 0 Å². The fourth-order valence-electron chi connectivity index (χ4n) is 1.90. The summed E-state index contributed by atoms with van der Waals surface area (Å²) in [6, 6.07) is 4.84. The fourth-order valence-corrected chi connectivity index (χ4v) is 1.90. The number of hydrogen-bond acceptors (Lipinski definition) is 5. The van der Waals surface area contributed by atoms with Crippen molar-refractivity contribution in [2.24, 2.45) is 5.92 Å². The Morgan fingerprint density at radius 2 is 1.95 bits per heavy atom. The van der Waals surface area contributed by atoms with E-state index < -0.39 is 28.6 Å². The van der Waals surface area contributed by atoms with Gasteiger partial charge in [-0.3, -0.25) is 34.9 Å². The Bertz CT molecular complexity index is 612. The Morgan fingerprint density at radius 1 is 1.33 bits per heavy atom. The van der Waals surface area contributed by atoms with Crippen LogP contribution in [0.3, 0.4) is 0 Å². The standard InChI is InChI=1S/C12H11N3O6/c16-10-5-8(12(18)19)6-14(10)13-11(17)7-1-3-9(4-2-7)15(20)21/h1-4,8H,5-6H2,(H,13,17)(H,18,19)/t8-/m0/s1. The van der Waals surface area contributed by atoms with Crippen LogP contribution in [-0.4, -0.2) is 39.4 Å². The first kappa shape index (κ1) is 14.4. The van der Waals surface area contributed by atoms with E-state index in [0.29, 0.717) is 0 Å². The molecule has 110 valence electrons. The van der Waals surface area contributed by atoms with Gasteiger partial charge in [0.25, 0.3) is 11.6 Å². The van der Waals surface area contributed by atoms with Crippen molar-refractivity contribution in [2.75, 3.05) is 6.54 Å². The van der Waals surface area contributed by atoms with E-state index in [-0.39, 0.29) is 24.2 Å². The number of nitrogens with zero attached hydrogens (tertiary/aromatic N) is 2. The molecule has 1 saturated heterocycles. The summed E-state index contributed by atoms with van der Waals surface area (Å²) in [6.45, 7) is -0.104. The van der Waals surface area contributed by atoms with Crippen LogP contribution in [0.5, 0.6) is 0 Å². The number of nitrogens with one attached hydrogen (secondary N) is 1. The summed E-state index contributed by atoms with van der Waals surface area (Å²) < 4.78 is 0. The van der Waals surface area contributed by atoms with Gasteiger partial charge in [-0.15, -0.1) is 0 Å². The molecule has 1 aromatic carbocycles. The van der Waals surface area contributed by atoms with Crippen molar-refractivity contribution >= 4 is 23.5 Å². The molecule has 21 heavy (non-hydrogen) atoms. The minimum Gasteiger partial charge on any atom is -0.481 e. The number of hydrogen-bond donors (Lipinski definition) is 2. The van der Waals surface area contributed by atoms with Crippen LogP contribution in [0.2, 0.25) is 0 Å². The number of carbonyl (C=O) groups is 3. The zero-order chi connectivity index (χ0) is 15.6. The normalized spacial score (nSPS) is 17.6. The number of amides is 2. The Labute approximate surface area is 118 Å². The second-order valence-electron chi connectivity index (χ2n) is 4.49. The Morgan fingerprint density at radius 3 is 2.43 bits per heavy atom. The van der Waals surface area contributed by atoms with Gasteiger partial charge in [0.05, 0.1) is 17.4 Å². The van der Waals surface area contributed by atoms with Crippen LogP contribution in [0.25, 0.3) is 0 Å². The van der Waals surface area contributed by atoms with Crippen LogP contribution < -0.4 is 5.43 Å². The summed E-state index contributed by atoms with van der Waals surface area (Å²) in [7, 11) is 0. The van der Waals surface area contributed by atoms with E-state index >= 15 is 0 Å². The van der Waals surface area contributed by atoms with Gasteiger partial charge in [0.2, 0.25) is 5.91 Å². The van der Waals surface area contributed by atoms with Gasteiger partial charge in [-0.05, 0) is 12.1 Å². The maximum atomic E-state index is 11.9. The molecule has 0 saturated carbocycles. The molecule has 9 heteroatoms. The highest BCUT2D eigenvalue weighted by atomic mass is 16.6. The number of carbonyl (C=O) groups excluding carboxylic acids is 2. The lowest BCUT2D eigenvalue weighted by atomic mass is 10.1. The predicted octanol–water partition coefficient (Wildman–Crippen LogP) is 0.173. The molecule has 1 atom stereocenters. The molecular weight excluding hydrogens is 282 g/mol. The van der Waals surface area contributed by atoms with Crippen LogP contribution in [0.4, 0.5) is 5.69 Å². The monoisotopic (exact) mass is 293 g/mol. The maximum Gasteiger partial charge on any atom is 0.308 e. The van der Waals surface area contributed by atoms with E-state index in [1.807, 2.05) is 0 Å². The molecule has 0 aromatic heterocycles. The number of carboxylic acids is 1. The number of carboxylic acid groups (broad SMARTS) is 1. The largest absolute Gasteiger partial charge is 0.481 e. The molecule has 0 radical (unpaired) electrons. The molecule has 1 aliphatic heterocycles. The average Bonchev–Trinajstić information content (AvgIpc) is 2.80. The van der Waals surface area contributed by atoms with Gasteiger partial charge in [0, 0.05) is 24.1 Å². The van der Waals surface area contributed by atoms with Crippen LogP contribution in [0.1, 0.15) is 16.8 Å². The van der Waals surface area contributed by atoms with Gasteiger partial charge in [0.15, 0.2) is 0 Å². The van der Waals surface area contributed by atoms with Crippen molar-refractivity contribution in [1.29, 1.82) is 0 Å². The van der Waals surface area contributed by atoms with Gasteiger partial charge < -0.3 is 5.11 Å². The molecule has 1 heterocycles. The zero-order valence-electron chi connectivity index (χ0n) is 10.7. The first-order chi connectivity index (χ1) is 9.88. The quantitative estimate of drug-likeness (QED) is 0.601. The first-order valence-corrected chi connectivity index (χ1v) is 5.97. The molecule has 2 rings (SSSR count). The highest BCUT2D eigenvalue weighted by molar-refractivity contribution is 5.96. The SMILES string of the molecule is O=C(NN1C[C@@H](C(=O)O)CC1=O)c1ccc([N+](=O)[O-])cc1. The predicted molar refractivity (Wildman–Crippen MR) is 68.0 cm³/mol. The van der Waals surface area contributed by atoms with E-state index in [0.717, 1.165) is 5.01 Å². The molecule has 1 aliphatic rings. The smallest absolute Gasteiger partial charge is 0.308 e. The summed E-state index contributed by atoms with van der Waals surface area (Å²) in [5.74, 6) is -3.08. The van der Waals surface area contributed by atoms with Crippen LogP contribution in [-0.2, 0) is 9.59 Å². The van der Waals surface area contributed by atoms with Crippen molar-refractivity contribution in [1.82, 2.24) is 10.4 Å². The minimum atomic E-state index is -1.10. The van der Waals surface area contributed by atoms with Gasteiger partial charge in [-0.25, -0.2) is 0 Å². The molecular formula is C12H11N3O6. The summed E-state index contributed by atoms with van der Waals surface area (Å²) >= 11 is 0. The lowest BCUT2D eigenvalue weighted by Gasteiger charge is -2.17. The number of aliphatic carboxylic acids is 1. The first-order valence-electron chi connectivity index (χ1n) is 5.97. The van der Waals surface area contributed by atoms with Crippen LogP contribution in [0, 0.1) is 16.0 Å². The molecule has 2 amide bonds. The Kier molecular flexibility index (Phi) is 3.83. The Balaban J connectivity index is 2.03. The van der Waals surface area contributed by atoms with Crippen LogP contribution in [0.15, 0.2) is 24.3 Å². The molecule has 0 unspecified atom stereocenters. The highest BCUT2D eigenvalue weighted by Crippen LogP contribution is 2.17. The minimum absolute atomic E-state index is 0.104. The summed E-state index contributed by atoms with van der Waals surface area (Å²) in [5.41, 5.74) is 2.26. The van der Waals surface area contributed by atoms with Crippen molar-refractivity contribution in [3.63, 3.8) is 0 Å². The van der Waals surface area contributed by atoms with Crippen molar-refractivity contribution < 1.29 is 24.4 Å². The number of nitro groups is 1. The third-order valence-electron chi connectivity index (χ3n) is 3.05. The maximum absolute atomic E-state index is 11.9. The highest BCUT2D eigenvalue weighted by Gasteiger charge is 2.35. The number of non-ortho nitro benzene ring substituents is 1. The number of rotatable bonds is 4. The number of benzene rings is 1. The van der Waals surface area contributed by atoms with Gasteiger partial charge in [-0.2, -0.15) is 0 Å². The lowest BCUT2D eigenvalue weighted by Crippen LogP contribution is -2.43. The third kappa shape index (κ3) is 3.14. The van der Waals surface area contributed by atoms with E-state index in [9.17, 15) is 24.5 Å². The van der Waals surface area contributed by atoms with E-state index in [1.54, 1.807) is 0 Å². The van der Waals surface area contributed by atoms with Crippen molar-refractivity contribution in [3.05, 3.63) is 39.9 Å². The molecule has 0 bridgehead atoms. The average molecular weight is 293 g/mol. The molecule has 1 aromatic rings. The molecule has 1 fully saturated rings. The number of nitro benzene ring substituents is 1. The summed E-state index contributed by atoms with van der Waals surface area (Å²) in [4.78, 5) is 44.1. The van der Waals surface area contributed by atoms with E-state index in [2.05, 4.69) is 5.43 Å². The van der Waals surface area contributed by atoms with Crippen molar-refractivity contribution in [2.45, 2.75) is 6.42 Å². The van der Waals surface area contributed by atoms with E-state index in [4.69, 9.17) is 5.11 Å². The molecule has 0 aliphatic carbocycles. The van der Waals surface area contributed by atoms with Gasteiger partial charge >= 0.3 is 5.97 Å². The molecule has 0 spiro atoms. The van der Waals surface area contributed by atoms with Crippen LogP contribution >= 0.6 is 0 Å². The van der Waals surface area contributed by atoms with Crippen molar-refractivity contribution in [3.8, 4) is 0 Å². The Hall–Kier alpha value is -2.97. The molecule has 9 nitrogen and oxygen atoms in total. The van der Waals surface area contributed by atoms with Gasteiger partial charge in [-0.1, -0.05) is 0 Å². The third-order valence-corrected chi connectivity index (χ3v) is 3.05. The number of hydrazine groups is 1. The van der Waals surface area contributed by atoms with E-state index in [1.165, 1.54) is 24.3 Å². The fraction of sp³-hybridized carbons (Fsp3) is 0.250. The topological polar surface area (TPSA) is 130 Å². The lowest BCUT2D eigenvalue weighted by molar-refractivity contribution is -0.384. The zero-order valence-corrected chi connectivity index (χ0v) is 10.7. The molecule has 2 N–H and O–H groups in total.